The van der Waals surface area contributed by atoms with Crippen LogP contribution in [0.2, 0.25) is 0 Å². The summed E-state index contributed by atoms with van der Waals surface area (Å²) in [6.07, 6.45) is 4.44. The second kappa shape index (κ2) is 8.89. The Bertz CT molecular complexity index is 937. The molecule has 1 atom stereocenters. The smallest absolute Gasteiger partial charge is 0.127 e. The Morgan fingerprint density at radius 3 is 2.62 bits per heavy atom. The molecule has 29 heavy (non-hydrogen) atoms. The number of nitrogens with zero attached hydrogens (tertiary/aromatic N) is 4. The van der Waals surface area contributed by atoms with Gasteiger partial charge in [-0.15, -0.1) is 0 Å². The standard InChI is InChI=1S/C24H29FN4/c1-27(15-21-16-28(2)26-24(21)19-9-4-3-5-10-19)22-12-8-14-29(18-22)17-20-11-6-7-13-23(20)25/h3-7,9-11,13,16,22H,8,12,14-15,17-18H2,1-2H3/t22-/m1/s1. The van der Waals surface area contributed by atoms with Gasteiger partial charge in [0.15, 0.2) is 0 Å². The van der Waals surface area contributed by atoms with Crippen molar-refractivity contribution in [2.75, 3.05) is 20.1 Å². The Labute approximate surface area is 172 Å². The molecule has 0 bridgehead atoms. The van der Waals surface area contributed by atoms with Gasteiger partial charge in [-0.05, 0) is 32.5 Å². The van der Waals surface area contributed by atoms with Gasteiger partial charge in [-0.1, -0.05) is 48.5 Å². The van der Waals surface area contributed by atoms with Crippen molar-refractivity contribution in [1.82, 2.24) is 19.6 Å². The lowest BCUT2D eigenvalue weighted by Gasteiger charge is -2.37. The number of halogens is 1. The molecule has 0 saturated carbocycles. The Hall–Kier alpha value is -2.50. The normalized spacial score (nSPS) is 17.7. The van der Waals surface area contributed by atoms with Crippen molar-refractivity contribution in [3.05, 3.63) is 77.7 Å². The average molecular weight is 393 g/mol. The van der Waals surface area contributed by atoms with Crippen LogP contribution in [-0.4, -0.2) is 45.8 Å². The molecule has 0 N–H and O–H groups in total. The molecule has 3 aromatic rings. The van der Waals surface area contributed by atoms with Crippen LogP contribution in [-0.2, 0) is 20.1 Å². The van der Waals surface area contributed by atoms with E-state index in [1.165, 1.54) is 12.0 Å². The van der Waals surface area contributed by atoms with Crippen molar-refractivity contribution < 1.29 is 4.39 Å². The van der Waals surface area contributed by atoms with Crippen LogP contribution >= 0.6 is 0 Å². The Morgan fingerprint density at radius 1 is 1.07 bits per heavy atom. The van der Waals surface area contributed by atoms with Crippen LogP contribution < -0.4 is 0 Å². The van der Waals surface area contributed by atoms with Gasteiger partial charge in [-0.3, -0.25) is 14.5 Å². The first-order valence-electron chi connectivity index (χ1n) is 10.3. The largest absolute Gasteiger partial charge is 0.298 e. The number of piperidine rings is 1. The van der Waals surface area contributed by atoms with Gasteiger partial charge in [0.05, 0.1) is 5.69 Å². The zero-order chi connectivity index (χ0) is 20.2. The van der Waals surface area contributed by atoms with E-state index >= 15 is 0 Å². The van der Waals surface area contributed by atoms with Crippen molar-refractivity contribution in [3.63, 3.8) is 0 Å². The van der Waals surface area contributed by atoms with E-state index in [-0.39, 0.29) is 5.82 Å². The second-order valence-electron chi connectivity index (χ2n) is 8.08. The summed E-state index contributed by atoms with van der Waals surface area (Å²) >= 11 is 0. The predicted molar refractivity (Wildman–Crippen MR) is 115 cm³/mol. The van der Waals surface area contributed by atoms with Gasteiger partial charge in [-0.2, -0.15) is 5.10 Å². The maximum atomic E-state index is 14.0. The highest BCUT2D eigenvalue weighted by atomic mass is 19.1. The zero-order valence-corrected chi connectivity index (χ0v) is 17.3. The summed E-state index contributed by atoms with van der Waals surface area (Å²) in [6, 6.07) is 17.9. The second-order valence-corrected chi connectivity index (χ2v) is 8.08. The Balaban J connectivity index is 1.44. The number of likely N-dealkylation sites (N-methyl/N-ethyl adjacent to an activating group) is 1. The van der Waals surface area contributed by atoms with E-state index < -0.39 is 0 Å². The van der Waals surface area contributed by atoms with E-state index in [0.29, 0.717) is 12.6 Å². The van der Waals surface area contributed by atoms with Crippen LogP contribution in [0.25, 0.3) is 11.3 Å². The molecule has 4 rings (SSSR count). The van der Waals surface area contributed by atoms with Crippen molar-refractivity contribution in [2.45, 2.75) is 32.0 Å². The number of rotatable bonds is 6. The molecule has 1 aliphatic rings. The third-order valence-corrected chi connectivity index (χ3v) is 5.83. The highest BCUT2D eigenvalue weighted by molar-refractivity contribution is 5.62. The third-order valence-electron chi connectivity index (χ3n) is 5.83. The Morgan fingerprint density at radius 2 is 1.83 bits per heavy atom. The molecule has 1 fully saturated rings. The molecular weight excluding hydrogens is 363 g/mol. The fraction of sp³-hybridized carbons (Fsp3) is 0.375. The fourth-order valence-electron chi connectivity index (χ4n) is 4.29. The minimum Gasteiger partial charge on any atom is -0.298 e. The van der Waals surface area contributed by atoms with Crippen molar-refractivity contribution in [1.29, 1.82) is 0 Å². The van der Waals surface area contributed by atoms with Crippen LogP contribution in [0.3, 0.4) is 0 Å². The SMILES string of the molecule is CN(Cc1cn(C)nc1-c1ccccc1)[C@@H]1CCCN(Cc2ccccc2F)C1. The van der Waals surface area contributed by atoms with E-state index in [4.69, 9.17) is 5.10 Å². The van der Waals surface area contributed by atoms with E-state index in [2.05, 4.69) is 47.3 Å². The molecule has 1 aliphatic heterocycles. The first kappa shape index (κ1) is 19.8. The molecule has 2 heterocycles. The lowest BCUT2D eigenvalue weighted by Crippen LogP contribution is -2.45. The van der Waals surface area contributed by atoms with Crippen LogP contribution in [0.1, 0.15) is 24.0 Å². The van der Waals surface area contributed by atoms with Gasteiger partial charge in [-0.25, -0.2) is 4.39 Å². The highest BCUT2D eigenvalue weighted by Gasteiger charge is 2.25. The summed E-state index contributed by atoms with van der Waals surface area (Å²) in [5.74, 6) is -0.106. The highest BCUT2D eigenvalue weighted by Crippen LogP contribution is 2.25. The molecule has 1 aromatic heterocycles. The van der Waals surface area contributed by atoms with Gasteiger partial charge in [0.25, 0.3) is 0 Å². The molecule has 4 nitrogen and oxygen atoms in total. The van der Waals surface area contributed by atoms with Gasteiger partial charge < -0.3 is 0 Å². The van der Waals surface area contributed by atoms with Crippen molar-refractivity contribution in [2.24, 2.45) is 7.05 Å². The van der Waals surface area contributed by atoms with E-state index in [1.807, 2.05) is 29.9 Å². The topological polar surface area (TPSA) is 24.3 Å². The van der Waals surface area contributed by atoms with Crippen LogP contribution in [0, 0.1) is 5.82 Å². The van der Waals surface area contributed by atoms with Crippen LogP contribution in [0.5, 0.6) is 0 Å². The maximum Gasteiger partial charge on any atom is 0.127 e. The Kier molecular flexibility index (Phi) is 6.07. The molecule has 0 radical (unpaired) electrons. The van der Waals surface area contributed by atoms with Gasteiger partial charge in [0.1, 0.15) is 5.82 Å². The summed E-state index contributed by atoms with van der Waals surface area (Å²) in [6.45, 7) is 3.53. The molecule has 0 amide bonds. The maximum absolute atomic E-state index is 14.0. The summed E-state index contributed by atoms with van der Waals surface area (Å²) in [4.78, 5) is 4.81. The number of aryl methyl sites for hydroxylation is 1. The molecule has 2 aromatic carbocycles. The summed E-state index contributed by atoms with van der Waals surface area (Å²) in [5.41, 5.74) is 4.24. The first-order valence-corrected chi connectivity index (χ1v) is 10.3. The summed E-state index contributed by atoms with van der Waals surface area (Å²) in [5, 5.41) is 4.70. The average Bonchev–Trinajstić information content (AvgIpc) is 3.10. The molecule has 152 valence electrons. The lowest BCUT2D eigenvalue weighted by molar-refractivity contribution is 0.106. The number of likely N-dealkylation sites (tertiary alicyclic amines) is 1. The lowest BCUT2D eigenvalue weighted by atomic mass is 10.0. The van der Waals surface area contributed by atoms with Gasteiger partial charge in [0, 0.05) is 55.6 Å². The molecule has 5 heteroatoms. The fourth-order valence-corrected chi connectivity index (χ4v) is 4.29. The third kappa shape index (κ3) is 4.74. The van der Waals surface area contributed by atoms with E-state index in [9.17, 15) is 4.39 Å². The molecule has 1 saturated heterocycles. The number of hydrogen-bond acceptors (Lipinski definition) is 3. The minimum absolute atomic E-state index is 0.106. The molecule has 0 unspecified atom stereocenters. The number of aromatic nitrogens is 2. The van der Waals surface area contributed by atoms with Crippen LogP contribution in [0.15, 0.2) is 60.8 Å². The van der Waals surface area contributed by atoms with E-state index in [0.717, 1.165) is 42.9 Å². The summed E-state index contributed by atoms with van der Waals surface area (Å²) < 4.78 is 15.9. The number of benzene rings is 2. The van der Waals surface area contributed by atoms with Gasteiger partial charge in [0.2, 0.25) is 0 Å². The zero-order valence-electron chi connectivity index (χ0n) is 17.3. The molecule has 0 aliphatic carbocycles. The monoisotopic (exact) mass is 392 g/mol. The molecular formula is C24H29FN4. The summed E-state index contributed by atoms with van der Waals surface area (Å²) in [7, 11) is 4.17. The quantitative estimate of drug-likeness (QED) is 0.624. The first-order chi connectivity index (χ1) is 14.1. The number of hydrogen-bond donors (Lipinski definition) is 0. The van der Waals surface area contributed by atoms with Crippen molar-refractivity contribution >= 4 is 0 Å². The van der Waals surface area contributed by atoms with E-state index in [1.54, 1.807) is 12.1 Å². The predicted octanol–water partition coefficient (Wildman–Crippen LogP) is 4.32. The molecule has 0 spiro atoms. The van der Waals surface area contributed by atoms with Crippen molar-refractivity contribution in [3.8, 4) is 11.3 Å². The minimum atomic E-state index is -0.106. The van der Waals surface area contributed by atoms with Gasteiger partial charge >= 0.3 is 0 Å². The van der Waals surface area contributed by atoms with Crippen LogP contribution in [0.4, 0.5) is 4.39 Å².